The molecule has 1 fully saturated rings. The smallest absolute Gasteiger partial charge is 0.242 e. The van der Waals surface area contributed by atoms with E-state index in [1.165, 1.54) is 0 Å². The summed E-state index contributed by atoms with van der Waals surface area (Å²) in [6.45, 7) is 4.96. The zero-order valence-electron chi connectivity index (χ0n) is 17.0. The molecule has 164 valence electrons. The van der Waals surface area contributed by atoms with Crippen molar-refractivity contribution in [3.63, 3.8) is 0 Å². The molecule has 0 saturated carbocycles. The van der Waals surface area contributed by atoms with Gasteiger partial charge >= 0.3 is 0 Å². The predicted octanol–water partition coefficient (Wildman–Crippen LogP) is 4.50. The molecule has 0 bridgehead atoms. The molecule has 1 saturated heterocycles. The van der Waals surface area contributed by atoms with Crippen LogP contribution in [0.2, 0.25) is 0 Å². The van der Waals surface area contributed by atoms with Gasteiger partial charge in [0.15, 0.2) is 6.29 Å². The van der Waals surface area contributed by atoms with E-state index < -0.39 is 11.5 Å². The molecule has 1 aliphatic rings. The van der Waals surface area contributed by atoms with Crippen molar-refractivity contribution in [2.24, 2.45) is 0 Å². The number of benzene rings is 1. The molecule has 1 amide bonds. The van der Waals surface area contributed by atoms with Crippen LogP contribution in [0.15, 0.2) is 18.2 Å². The molecular formula is C20H28Cl3NO5. The van der Waals surface area contributed by atoms with Crippen molar-refractivity contribution >= 4 is 51.6 Å². The molecule has 0 N–H and O–H groups in total. The van der Waals surface area contributed by atoms with Crippen LogP contribution in [-0.4, -0.2) is 55.6 Å². The van der Waals surface area contributed by atoms with Crippen molar-refractivity contribution in [1.82, 2.24) is 0 Å². The summed E-state index contributed by atoms with van der Waals surface area (Å²) in [5.41, 5.74) is 1.66. The molecule has 29 heavy (non-hydrogen) atoms. The second kappa shape index (κ2) is 14.0. The first-order valence-electron chi connectivity index (χ1n) is 9.39. The van der Waals surface area contributed by atoms with Gasteiger partial charge in [-0.2, -0.15) is 0 Å². The number of unbranched alkanes of at least 4 members (excludes halogenated alkanes) is 1. The Morgan fingerprint density at radius 2 is 1.97 bits per heavy atom. The van der Waals surface area contributed by atoms with Crippen LogP contribution in [0, 0.1) is 6.92 Å². The van der Waals surface area contributed by atoms with Gasteiger partial charge in [-0.15, -0.1) is 23.2 Å². The minimum absolute atomic E-state index is 0.0957. The number of aryl methyl sites for hydroxylation is 1. The minimum atomic E-state index is -0.508. The SMILES string of the molecule is CCCCC1COC(CN(C(=O)CCl)c2c(C)cccc2OC)O1.O=C(Cl)CCl. The lowest BCUT2D eigenvalue weighted by molar-refractivity contribution is -0.118. The summed E-state index contributed by atoms with van der Waals surface area (Å²) in [6.07, 6.45) is 2.87. The van der Waals surface area contributed by atoms with Gasteiger partial charge in [-0.05, 0) is 36.6 Å². The molecule has 0 radical (unpaired) electrons. The van der Waals surface area contributed by atoms with E-state index in [2.05, 4.69) is 6.92 Å². The molecule has 1 aromatic carbocycles. The zero-order chi connectivity index (χ0) is 21.8. The van der Waals surface area contributed by atoms with E-state index >= 15 is 0 Å². The van der Waals surface area contributed by atoms with Crippen molar-refractivity contribution < 1.29 is 23.8 Å². The molecule has 0 aliphatic carbocycles. The number of amides is 1. The van der Waals surface area contributed by atoms with Crippen LogP contribution < -0.4 is 9.64 Å². The molecule has 1 aliphatic heterocycles. The summed E-state index contributed by atoms with van der Waals surface area (Å²) in [4.78, 5) is 23.5. The molecule has 2 unspecified atom stereocenters. The van der Waals surface area contributed by atoms with E-state index in [4.69, 9.17) is 49.0 Å². The quantitative estimate of drug-likeness (QED) is 0.394. The molecule has 6 nitrogen and oxygen atoms in total. The number of carbonyl (C=O) groups excluding carboxylic acids is 2. The van der Waals surface area contributed by atoms with Crippen molar-refractivity contribution in [1.29, 1.82) is 0 Å². The normalized spacial score (nSPS) is 18.0. The Hall–Kier alpha value is -1.05. The maximum Gasteiger partial charge on any atom is 0.242 e. The second-order valence-electron chi connectivity index (χ2n) is 6.42. The maximum absolute atomic E-state index is 12.4. The average Bonchev–Trinajstić information content (AvgIpc) is 3.17. The van der Waals surface area contributed by atoms with Crippen LogP contribution in [0.25, 0.3) is 0 Å². The highest BCUT2D eigenvalue weighted by Gasteiger charge is 2.31. The van der Waals surface area contributed by atoms with Crippen molar-refractivity contribution in [2.45, 2.75) is 45.5 Å². The summed E-state index contributed by atoms with van der Waals surface area (Å²) >= 11 is 15.4. The Bertz CT molecular complexity index is 659. The Morgan fingerprint density at radius 3 is 2.52 bits per heavy atom. The highest BCUT2D eigenvalue weighted by Crippen LogP contribution is 2.33. The number of nitrogens with zero attached hydrogens (tertiary/aromatic N) is 1. The number of alkyl halides is 2. The number of hydrogen-bond acceptors (Lipinski definition) is 5. The first kappa shape index (κ1) is 26.0. The van der Waals surface area contributed by atoms with Crippen LogP contribution >= 0.6 is 34.8 Å². The number of methoxy groups -OCH3 is 1. The largest absolute Gasteiger partial charge is 0.495 e. The Labute approximate surface area is 187 Å². The number of hydrogen-bond donors (Lipinski definition) is 0. The monoisotopic (exact) mass is 467 g/mol. The summed E-state index contributed by atoms with van der Waals surface area (Å²) in [5.74, 6) is 0.229. The molecule has 0 aromatic heterocycles. The summed E-state index contributed by atoms with van der Waals surface area (Å²) in [7, 11) is 1.59. The summed E-state index contributed by atoms with van der Waals surface area (Å²) in [5, 5.41) is -0.508. The van der Waals surface area contributed by atoms with Gasteiger partial charge < -0.3 is 19.1 Å². The van der Waals surface area contributed by atoms with Gasteiger partial charge in [0.25, 0.3) is 0 Å². The molecule has 1 aromatic rings. The number of ether oxygens (including phenoxy) is 3. The van der Waals surface area contributed by atoms with Gasteiger partial charge in [0, 0.05) is 0 Å². The molecule has 2 rings (SSSR count). The van der Waals surface area contributed by atoms with Crippen LogP contribution in [0.1, 0.15) is 31.7 Å². The average molecular weight is 469 g/mol. The van der Waals surface area contributed by atoms with Crippen LogP contribution in [0.4, 0.5) is 5.69 Å². The lowest BCUT2D eigenvalue weighted by Crippen LogP contribution is -2.39. The fraction of sp³-hybridized carbons (Fsp3) is 0.600. The lowest BCUT2D eigenvalue weighted by Gasteiger charge is -2.27. The third-order valence-electron chi connectivity index (χ3n) is 4.23. The standard InChI is InChI=1S/C18H26ClNO4.C2H2Cl2O/c1-4-5-8-14-12-23-17(24-14)11-20(16(21)10-19)18-13(2)7-6-9-15(18)22-3;3-1-2(4)5/h6-7,9,14,17H,4-5,8,10-12H2,1-3H3;1H2. The first-order valence-corrected chi connectivity index (χ1v) is 10.8. The summed E-state index contributed by atoms with van der Waals surface area (Å²) < 4.78 is 17.1. The second-order valence-corrected chi connectivity index (χ2v) is 7.37. The van der Waals surface area contributed by atoms with E-state index in [1.54, 1.807) is 12.0 Å². The number of para-hydroxylation sites is 1. The molecular weight excluding hydrogens is 441 g/mol. The predicted molar refractivity (Wildman–Crippen MR) is 117 cm³/mol. The Kier molecular flexibility index (Phi) is 12.6. The molecule has 1 heterocycles. The van der Waals surface area contributed by atoms with Gasteiger partial charge in [-0.3, -0.25) is 9.59 Å². The van der Waals surface area contributed by atoms with E-state index in [0.29, 0.717) is 18.9 Å². The zero-order valence-corrected chi connectivity index (χ0v) is 19.2. The third kappa shape index (κ3) is 8.69. The van der Waals surface area contributed by atoms with Crippen LogP contribution in [0.5, 0.6) is 5.75 Å². The number of halogens is 3. The van der Waals surface area contributed by atoms with E-state index in [0.717, 1.165) is 30.5 Å². The van der Waals surface area contributed by atoms with Crippen molar-refractivity contribution in [3.05, 3.63) is 23.8 Å². The third-order valence-corrected chi connectivity index (χ3v) is 4.98. The van der Waals surface area contributed by atoms with E-state index in [9.17, 15) is 9.59 Å². The molecule has 9 heteroatoms. The van der Waals surface area contributed by atoms with E-state index in [1.807, 2.05) is 25.1 Å². The van der Waals surface area contributed by atoms with Crippen LogP contribution in [-0.2, 0) is 19.1 Å². The van der Waals surface area contributed by atoms with E-state index in [-0.39, 0.29) is 23.8 Å². The molecule has 0 spiro atoms. The van der Waals surface area contributed by atoms with Gasteiger partial charge in [0.2, 0.25) is 11.1 Å². The van der Waals surface area contributed by atoms with Gasteiger partial charge in [0.1, 0.15) is 11.6 Å². The summed E-state index contributed by atoms with van der Waals surface area (Å²) in [6, 6.07) is 5.66. The van der Waals surface area contributed by atoms with Gasteiger partial charge in [-0.1, -0.05) is 31.9 Å². The highest BCUT2D eigenvalue weighted by atomic mass is 35.5. The Balaban J connectivity index is 0.000000749. The highest BCUT2D eigenvalue weighted by molar-refractivity contribution is 6.67. The lowest BCUT2D eigenvalue weighted by atomic mass is 10.1. The maximum atomic E-state index is 12.4. The Morgan fingerprint density at radius 1 is 1.28 bits per heavy atom. The fourth-order valence-electron chi connectivity index (χ4n) is 2.87. The minimum Gasteiger partial charge on any atom is -0.495 e. The topological polar surface area (TPSA) is 65.1 Å². The number of rotatable bonds is 9. The van der Waals surface area contributed by atoms with Crippen molar-refractivity contribution in [3.8, 4) is 5.75 Å². The van der Waals surface area contributed by atoms with Gasteiger partial charge in [-0.25, -0.2) is 0 Å². The van der Waals surface area contributed by atoms with Crippen LogP contribution in [0.3, 0.4) is 0 Å². The van der Waals surface area contributed by atoms with Crippen molar-refractivity contribution in [2.75, 3.05) is 36.9 Å². The number of carbonyl (C=O) groups is 2. The number of anilines is 1. The molecule has 2 atom stereocenters. The van der Waals surface area contributed by atoms with Gasteiger partial charge in [0.05, 0.1) is 37.9 Å². The fourth-order valence-corrected chi connectivity index (χ4v) is 3.01. The first-order chi connectivity index (χ1) is 13.9.